The molecule has 0 heterocycles. The predicted molar refractivity (Wildman–Crippen MR) is 57.5 cm³/mol. The van der Waals surface area contributed by atoms with Crippen LogP contribution in [0, 0.1) is 0 Å². The Morgan fingerprint density at radius 2 is 2.07 bits per heavy atom. The van der Waals surface area contributed by atoms with Gasteiger partial charge in [0.15, 0.2) is 0 Å². The highest BCUT2D eigenvalue weighted by molar-refractivity contribution is 5.68. The number of rotatable bonds is 1. The number of hydrogen-bond acceptors (Lipinski definition) is 3. The highest BCUT2D eigenvalue weighted by Gasteiger charge is 2.20. The standard InChI is InChI=1S/C11H19NO3/c1-11(2,3)15-10(14)12-8-4-6-9(13)7-5-8/h4,6,8-9,13H,5,7H2,1-3H3,(H,12,14)/t8?,9-/m1/s1. The molecule has 2 atom stereocenters. The Bertz CT molecular complexity index is 255. The number of ether oxygens (including phenoxy) is 1. The van der Waals surface area contributed by atoms with Crippen molar-refractivity contribution in [1.82, 2.24) is 5.32 Å². The third-order valence-corrected chi connectivity index (χ3v) is 2.04. The number of nitrogens with one attached hydrogen (secondary N) is 1. The summed E-state index contributed by atoms with van der Waals surface area (Å²) in [6.07, 6.45) is 4.15. The van der Waals surface area contributed by atoms with Gasteiger partial charge in [0.2, 0.25) is 0 Å². The van der Waals surface area contributed by atoms with Gasteiger partial charge >= 0.3 is 6.09 Å². The number of alkyl carbamates (subject to hydrolysis) is 1. The van der Waals surface area contributed by atoms with Crippen LogP contribution in [0.4, 0.5) is 4.79 Å². The zero-order valence-corrected chi connectivity index (χ0v) is 9.49. The van der Waals surface area contributed by atoms with Crippen LogP contribution in [0.1, 0.15) is 33.6 Å². The number of amides is 1. The first-order chi connectivity index (χ1) is 6.87. The van der Waals surface area contributed by atoms with Gasteiger partial charge < -0.3 is 15.2 Å². The lowest BCUT2D eigenvalue weighted by Gasteiger charge is -2.24. The number of aliphatic hydroxyl groups excluding tert-OH is 1. The molecule has 1 amide bonds. The predicted octanol–water partition coefficient (Wildman–Crippen LogP) is 1.59. The maximum atomic E-state index is 11.4. The molecule has 86 valence electrons. The second-order valence-electron chi connectivity index (χ2n) is 4.78. The van der Waals surface area contributed by atoms with Crippen LogP contribution in [-0.2, 0) is 4.74 Å². The summed E-state index contributed by atoms with van der Waals surface area (Å²) in [5, 5.41) is 12.0. The monoisotopic (exact) mass is 213 g/mol. The molecule has 0 aliphatic heterocycles. The molecule has 1 aliphatic carbocycles. The van der Waals surface area contributed by atoms with Crippen LogP contribution >= 0.6 is 0 Å². The summed E-state index contributed by atoms with van der Waals surface area (Å²) in [6.45, 7) is 5.48. The van der Waals surface area contributed by atoms with Crippen LogP contribution in [0.3, 0.4) is 0 Å². The molecular formula is C11H19NO3. The van der Waals surface area contributed by atoms with Crippen LogP contribution in [0.25, 0.3) is 0 Å². The van der Waals surface area contributed by atoms with E-state index in [4.69, 9.17) is 4.74 Å². The minimum atomic E-state index is -0.470. The molecule has 0 aromatic heterocycles. The van der Waals surface area contributed by atoms with Gasteiger partial charge in [-0.25, -0.2) is 4.79 Å². The molecule has 0 aromatic rings. The van der Waals surface area contributed by atoms with E-state index in [1.165, 1.54) is 0 Å². The van der Waals surface area contributed by atoms with Gasteiger partial charge in [0.25, 0.3) is 0 Å². The average molecular weight is 213 g/mol. The summed E-state index contributed by atoms with van der Waals surface area (Å²) in [7, 11) is 0. The molecule has 4 nitrogen and oxygen atoms in total. The fourth-order valence-electron chi connectivity index (χ4n) is 1.38. The summed E-state index contributed by atoms with van der Waals surface area (Å²) >= 11 is 0. The van der Waals surface area contributed by atoms with E-state index < -0.39 is 11.7 Å². The Balaban J connectivity index is 2.36. The normalized spacial score (nSPS) is 26.1. The molecular weight excluding hydrogens is 194 g/mol. The van der Waals surface area contributed by atoms with E-state index in [1.54, 1.807) is 12.2 Å². The summed E-state index contributed by atoms with van der Waals surface area (Å²) in [5.41, 5.74) is -0.470. The van der Waals surface area contributed by atoms with Crippen molar-refractivity contribution in [3.63, 3.8) is 0 Å². The van der Waals surface area contributed by atoms with Crippen LogP contribution in [0.15, 0.2) is 12.2 Å². The molecule has 2 N–H and O–H groups in total. The minimum Gasteiger partial charge on any atom is -0.444 e. The molecule has 1 rings (SSSR count). The largest absolute Gasteiger partial charge is 0.444 e. The van der Waals surface area contributed by atoms with Gasteiger partial charge in [-0.2, -0.15) is 0 Å². The second-order valence-corrected chi connectivity index (χ2v) is 4.78. The van der Waals surface area contributed by atoms with Gasteiger partial charge in [-0.3, -0.25) is 0 Å². The van der Waals surface area contributed by atoms with Crippen molar-refractivity contribution in [2.24, 2.45) is 0 Å². The van der Waals surface area contributed by atoms with E-state index in [-0.39, 0.29) is 12.1 Å². The molecule has 1 unspecified atom stereocenters. The quantitative estimate of drug-likeness (QED) is 0.650. The van der Waals surface area contributed by atoms with Crippen molar-refractivity contribution < 1.29 is 14.6 Å². The third kappa shape index (κ3) is 4.83. The highest BCUT2D eigenvalue weighted by atomic mass is 16.6. The second kappa shape index (κ2) is 4.66. The first kappa shape index (κ1) is 12.0. The van der Waals surface area contributed by atoms with E-state index >= 15 is 0 Å². The van der Waals surface area contributed by atoms with E-state index in [1.807, 2.05) is 20.8 Å². The number of aliphatic hydroxyl groups is 1. The van der Waals surface area contributed by atoms with Crippen LogP contribution in [-0.4, -0.2) is 28.9 Å². The summed E-state index contributed by atoms with van der Waals surface area (Å²) in [4.78, 5) is 11.4. The smallest absolute Gasteiger partial charge is 0.408 e. The van der Waals surface area contributed by atoms with Gasteiger partial charge in [0.05, 0.1) is 12.1 Å². The Morgan fingerprint density at radius 1 is 1.40 bits per heavy atom. The molecule has 1 aliphatic rings. The molecule has 0 aromatic carbocycles. The fourth-order valence-corrected chi connectivity index (χ4v) is 1.38. The number of carbonyl (C=O) groups is 1. The molecule has 0 saturated carbocycles. The van der Waals surface area contributed by atoms with E-state index in [0.29, 0.717) is 6.42 Å². The Morgan fingerprint density at radius 3 is 2.53 bits per heavy atom. The van der Waals surface area contributed by atoms with Gasteiger partial charge in [-0.1, -0.05) is 12.2 Å². The Kier molecular flexibility index (Phi) is 3.74. The van der Waals surface area contributed by atoms with Gasteiger partial charge in [-0.15, -0.1) is 0 Å². The van der Waals surface area contributed by atoms with Gasteiger partial charge in [0, 0.05) is 0 Å². The highest BCUT2D eigenvalue weighted by Crippen LogP contribution is 2.12. The Hall–Kier alpha value is -1.03. The lowest BCUT2D eigenvalue weighted by atomic mass is 10.0. The molecule has 0 bridgehead atoms. The zero-order valence-electron chi connectivity index (χ0n) is 9.49. The summed E-state index contributed by atoms with van der Waals surface area (Å²) in [5.74, 6) is 0. The van der Waals surface area contributed by atoms with Gasteiger partial charge in [0.1, 0.15) is 5.60 Å². The SMILES string of the molecule is CC(C)(C)OC(=O)NC1C=C[C@@H](O)CC1. The van der Waals surface area contributed by atoms with Crippen LogP contribution in [0.2, 0.25) is 0 Å². The van der Waals surface area contributed by atoms with Crippen molar-refractivity contribution >= 4 is 6.09 Å². The first-order valence-electron chi connectivity index (χ1n) is 5.23. The van der Waals surface area contributed by atoms with E-state index in [9.17, 15) is 9.90 Å². The van der Waals surface area contributed by atoms with E-state index in [0.717, 1.165) is 6.42 Å². The van der Waals surface area contributed by atoms with Gasteiger partial charge in [-0.05, 0) is 33.6 Å². The molecule has 15 heavy (non-hydrogen) atoms. The van der Waals surface area contributed by atoms with Crippen molar-refractivity contribution in [3.8, 4) is 0 Å². The lowest BCUT2D eigenvalue weighted by molar-refractivity contribution is 0.0506. The molecule has 0 radical (unpaired) electrons. The molecule has 0 spiro atoms. The maximum Gasteiger partial charge on any atom is 0.408 e. The maximum absolute atomic E-state index is 11.4. The first-order valence-corrected chi connectivity index (χ1v) is 5.23. The number of carbonyl (C=O) groups excluding carboxylic acids is 1. The van der Waals surface area contributed by atoms with Crippen molar-refractivity contribution in [1.29, 1.82) is 0 Å². The van der Waals surface area contributed by atoms with Crippen molar-refractivity contribution in [2.75, 3.05) is 0 Å². The molecule has 0 fully saturated rings. The summed E-state index contributed by atoms with van der Waals surface area (Å²) < 4.78 is 5.12. The average Bonchev–Trinajstić information content (AvgIpc) is 2.05. The molecule has 0 saturated heterocycles. The fraction of sp³-hybridized carbons (Fsp3) is 0.727. The number of hydrogen-bond donors (Lipinski definition) is 2. The minimum absolute atomic E-state index is 0.0248. The molecule has 4 heteroatoms. The zero-order chi connectivity index (χ0) is 11.5. The van der Waals surface area contributed by atoms with E-state index in [2.05, 4.69) is 5.32 Å². The summed E-state index contributed by atoms with van der Waals surface area (Å²) in [6, 6.07) is -0.0248. The Labute approximate surface area is 90.3 Å². The van der Waals surface area contributed by atoms with Crippen LogP contribution in [0.5, 0.6) is 0 Å². The van der Waals surface area contributed by atoms with Crippen molar-refractivity contribution in [2.45, 2.75) is 51.4 Å². The van der Waals surface area contributed by atoms with Crippen molar-refractivity contribution in [3.05, 3.63) is 12.2 Å². The lowest BCUT2D eigenvalue weighted by Crippen LogP contribution is -2.39. The van der Waals surface area contributed by atoms with Crippen LogP contribution < -0.4 is 5.32 Å². The topological polar surface area (TPSA) is 58.6 Å². The third-order valence-electron chi connectivity index (χ3n) is 2.04.